The van der Waals surface area contributed by atoms with Gasteiger partial charge in [0.05, 0.1) is 18.1 Å². The molecule has 2 saturated heterocycles. The molecule has 110 valence electrons. The summed E-state index contributed by atoms with van der Waals surface area (Å²) < 4.78 is 5.82. The van der Waals surface area contributed by atoms with Gasteiger partial charge in [-0.05, 0) is 46.0 Å². The number of piperidine rings is 1. The van der Waals surface area contributed by atoms with E-state index < -0.39 is 0 Å². The summed E-state index contributed by atoms with van der Waals surface area (Å²) in [5.74, 6) is 0.534. The largest absolute Gasteiger partial charge is 0.374 e. The van der Waals surface area contributed by atoms with Crippen molar-refractivity contribution in [2.24, 2.45) is 17.6 Å². The van der Waals surface area contributed by atoms with Gasteiger partial charge in [0.2, 0.25) is 5.91 Å². The molecule has 2 fully saturated rings. The maximum Gasteiger partial charge on any atom is 0.229 e. The van der Waals surface area contributed by atoms with E-state index in [0.29, 0.717) is 12.6 Å². The van der Waals surface area contributed by atoms with Crippen LogP contribution in [0.2, 0.25) is 0 Å². The first-order valence-electron chi connectivity index (χ1n) is 7.65. The normalized spacial score (nSPS) is 43.5. The Hall–Kier alpha value is -0.610. The van der Waals surface area contributed by atoms with Gasteiger partial charge in [-0.1, -0.05) is 6.92 Å². The zero-order chi connectivity index (χ0) is 14.2. The fourth-order valence-corrected chi connectivity index (χ4v) is 3.78. The van der Waals surface area contributed by atoms with Gasteiger partial charge >= 0.3 is 0 Å². The molecule has 2 rings (SSSR count). The predicted octanol–water partition coefficient (Wildman–Crippen LogP) is 1.77. The van der Waals surface area contributed by atoms with E-state index in [4.69, 9.17) is 10.5 Å². The van der Waals surface area contributed by atoms with Gasteiger partial charge in [-0.25, -0.2) is 0 Å². The molecule has 4 heteroatoms. The van der Waals surface area contributed by atoms with Crippen molar-refractivity contribution in [3.05, 3.63) is 0 Å². The van der Waals surface area contributed by atoms with Crippen LogP contribution in [0.5, 0.6) is 0 Å². The standard InChI is InChI=1S/C15H28N2O2/c1-9-6-5-7-13(8-16)17(9)15(18)14-10(2)11(3)19-12(14)4/h9-14H,5-8,16H2,1-4H3. The van der Waals surface area contributed by atoms with Crippen LogP contribution in [-0.2, 0) is 9.53 Å². The summed E-state index contributed by atoms with van der Waals surface area (Å²) in [6.07, 6.45) is 3.49. The highest BCUT2D eigenvalue weighted by Gasteiger charge is 2.45. The molecule has 6 unspecified atom stereocenters. The molecular formula is C15H28N2O2. The van der Waals surface area contributed by atoms with Crippen LogP contribution >= 0.6 is 0 Å². The summed E-state index contributed by atoms with van der Waals surface area (Å²) in [4.78, 5) is 15.0. The van der Waals surface area contributed by atoms with E-state index in [2.05, 4.69) is 25.7 Å². The number of nitrogens with two attached hydrogens (primary N) is 1. The van der Waals surface area contributed by atoms with Crippen LogP contribution in [0.3, 0.4) is 0 Å². The molecule has 0 radical (unpaired) electrons. The van der Waals surface area contributed by atoms with Crippen LogP contribution in [-0.4, -0.2) is 41.6 Å². The lowest BCUT2D eigenvalue weighted by molar-refractivity contribution is -0.144. The van der Waals surface area contributed by atoms with Crippen LogP contribution in [0, 0.1) is 11.8 Å². The fraction of sp³-hybridized carbons (Fsp3) is 0.933. The van der Waals surface area contributed by atoms with Gasteiger partial charge in [-0.2, -0.15) is 0 Å². The second-order valence-electron chi connectivity index (χ2n) is 6.35. The molecule has 0 aromatic heterocycles. The Kier molecular flexibility index (Phi) is 4.51. The van der Waals surface area contributed by atoms with Gasteiger partial charge < -0.3 is 15.4 Å². The van der Waals surface area contributed by atoms with Crippen molar-refractivity contribution in [3.63, 3.8) is 0 Å². The van der Waals surface area contributed by atoms with Crippen molar-refractivity contribution < 1.29 is 9.53 Å². The van der Waals surface area contributed by atoms with E-state index >= 15 is 0 Å². The number of rotatable bonds is 2. The van der Waals surface area contributed by atoms with Gasteiger partial charge in [-0.15, -0.1) is 0 Å². The van der Waals surface area contributed by atoms with E-state index in [1.807, 2.05) is 6.92 Å². The van der Waals surface area contributed by atoms with Crippen LogP contribution in [0.4, 0.5) is 0 Å². The molecule has 0 saturated carbocycles. The van der Waals surface area contributed by atoms with Crippen LogP contribution < -0.4 is 5.73 Å². The average Bonchev–Trinajstić information content (AvgIpc) is 2.62. The minimum absolute atomic E-state index is 0.00963. The highest BCUT2D eigenvalue weighted by Crippen LogP contribution is 2.35. The lowest BCUT2D eigenvalue weighted by Gasteiger charge is -2.42. The molecule has 6 atom stereocenters. The van der Waals surface area contributed by atoms with Gasteiger partial charge in [0, 0.05) is 18.6 Å². The molecule has 2 aliphatic rings. The first-order valence-corrected chi connectivity index (χ1v) is 7.65. The second-order valence-corrected chi connectivity index (χ2v) is 6.35. The number of hydrogen-bond acceptors (Lipinski definition) is 3. The van der Waals surface area contributed by atoms with Crippen molar-refractivity contribution in [1.29, 1.82) is 0 Å². The van der Waals surface area contributed by atoms with Gasteiger partial charge in [0.15, 0.2) is 0 Å². The number of likely N-dealkylation sites (tertiary alicyclic amines) is 1. The average molecular weight is 268 g/mol. The third-order valence-corrected chi connectivity index (χ3v) is 5.08. The first-order chi connectivity index (χ1) is 8.97. The Balaban J connectivity index is 2.17. The summed E-state index contributed by atoms with van der Waals surface area (Å²) in [5, 5.41) is 0. The molecule has 0 aliphatic carbocycles. The fourth-order valence-electron chi connectivity index (χ4n) is 3.78. The zero-order valence-corrected chi connectivity index (χ0v) is 12.6. The monoisotopic (exact) mass is 268 g/mol. The van der Waals surface area contributed by atoms with Crippen LogP contribution in [0.25, 0.3) is 0 Å². The zero-order valence-electron chi connectivity index (χ0n) is 12.6. The minimum atomic E-state index is -0.00963. The summed E-state index contributed by atoms with van der Waals surface area (Å²) in [6, 6.07) is 0.525. The number of nitrogens with zero attached hydrogens (tertiary/aromatic N) is 1. The number of hydrogen-bond donors (Lipinski definition) is 1. The molecular weight excluding hydrogens is 240 g/mol. The highest BCUT2D eigenvalue weighted by atomic mass is 16.5. The van der Waals surface area contributed by atoms with Crippen LogP contribution in [0.15, 0.2) is 0 Å². The molecule has 0 aromatic carbocycles. The smallest absolute Gasteiger partial charge is 0.229 e. The second kappa shape index (κ2) is 5.80. The van der Waals surface area contributed by atoms with Crippen molar-refractivity contribution in [3.8, 4) is 0 Å². The van der Waals surface area contributed by atoms with Crippen molar-refractivity contribution in [2.45, 2.75) is 71.2 Å². The Morgan fingerprint density at radius 1 is 1.21 bits per heavy atom. The van der Waals surface area contributed by atoms with E-state index in [0.717, 1.165) is 12.8 Å². The molecule has 4 nitrogen and oxygen atoms in total. The molecule has 19 heavy (non-hydrogen) atoms. The summed E-state index contributed by atoms with van der Waals surface area (Å²) in [7, 11) is 0. The van der Waals surface area contributed by atoms with Gasteiger partial charge in [-0.3, -0.25) is 4.79 Å². The molecule has 0 bridgehead atoms. The topological polar surface area (TPSA) is 55.6 Å². The molecule has 0 spiro atoms. The van der Waals surface area contributed by atoms with E-state index in [9.17, 15) is 4.79 Å². The Morgan fingerprint density at radius 2 is 1.89 bits per heavy atom. The SMILES string of the molecule is CC1OC(C)C(C(=O)N2C(C)CCCC2CN)C1C. The Morgan fingerprint density at radius 3 is 2.42 bits per heavy atom. The predicted molar refractivity (Wildman–Crippen MR) is 75.7 cm³/mol. The van der Waals surface area contributed by atoms with Crippen LogP contribution in [0.1, 0.15) is 47.0 Å². The third kappa shape index (κ3) is 2.65. The molecule has 2 heterocycles. The molecule has 1 amide bonds. The van der Waals surface area contributed by atoms with Crippen molar-refractivity contribution in [1.82, 2.24) is 4.90 Å². The van der Waals surface area contributed by atoms with Crippen molar-refractivity contribution >= 4 is 5.91 Å². The third-order valence-electron chi connectivity index (χ3n) is 5.08. The quantitative estimate of drug-likeness (QED) is 0.830. The van der Waals surface area contributed by atoms with Gasteiger partial charge in [0.1, 0.15) is 0 Å². The number of ether oxygens (including phenoxy) is 1. The number of carbonyl (C=O) groups is 1. The maximum atomic E-state index is 12.9. The lowest BCUT2D eigenvalue weighted by Crippen LogP contribution is -2.55. The summed E-state index contributed by atoms with van der Waals surface area (Å²) in [6.45, 7) is 8.93. The van der Waals surface area contributed by atoms with E-state index in [1.165, 1.54) is 6.42 Å². The van der Waals surface area contributed by atoms with Crippen molar-refractivity contribution in [2.75, 3.05) is 6.54 Å². The molecule has 2 aliphatic heterocycles. The maximum absolute atomic E-state index is 12.9. The molecule has 2 N–H and O–H groups in total. The summed E-state index contributed by atoms with van der Waals surface area (Å²) >= 11 is 0. The Bertz CT molecular complexity index is 334. The lowest BCUT2D eigenvalue weighted by atomic mass is 9.86. The number of amides is 1. The highest BCUT2D eigenvalue weighted by molar-refractivity contribution is 5.81. The Labute approximate surface area is 116 Å². The summed E-state index contributed by atoms with van der Waals surface area (Å²) in [5.41, 5.74) is 5.86. The first kappa shape index (κ1) is 14.8. The minimum Gasteiger partial charge on any atom is -0.374 e. The van der Waals surface area contributed by atoms with E-state index in [1.54, 1.807) is 0 Å². The molecule has 0 aromatic rings. The van der Waals surface area contributed by atoms with E-state index in [-0.39, 0.29) is 36.0 Å². The van der Waals surface area contributed by atoms with Gasteiger partial charge in [0.25, 0.3) is 0 Å². The number of carbonyl (C=O) groups excluding carboxylic acids is 1.